The zero-order valence-corrected chi connectivity index (χ0v) is 11.3. The van der Waals surface area contributed by atoms with E-state index in [0.29, 0.717) is 0 Å². The van der Waals surface area contributed by atoms with Crippen molar-refractivity contribution in [3.63, 3.8) is 0 Å². The fourth-order valence-corrected chi connectivity index (χ4v) is 2.41. The van der Waals surface area contributed by atoms with Crippen molar-refractivity contribution in [3.05, 3.63) is 40.1 Å². The lowest BCUT2D eigenvalue weighted by Crippen LogP contribution is -2.16. The minimum atomic E-state index is 0.941. The van der Waals surface area contributed by atoms with Gasteiger partial charge in [0.25, 0.3) is 0 Å². The molecule has 0 spiro atoms. The van der Waals surface area contributed by atoms with E-state index in [4.69, 9.17) is 0 Å². The maximum Gasteiger partial charge on any atom is 0.0897 e. The lowest BCUT2D eigenvalue weighted by molar-refractivity contribution is 0.677. The summed E-state index contributed by atoms with van der Waals surface area (Å²) < 4.78 is 2.20. The molecule has 0 bridgehead atoms. The van der Waals surface area contributed by atoms with Gasteiger partial charge in [0.1, 0.15) is 0 Å². The number of rotatable bonds is 6. The highest BCUT2D eigenvalue weighted by molar-refractivity contribution is 7.09. The summed E-state index contributed by atoms with van der Waals surface area (Å²) >= 11 is 1.72. The molecule has 2 rings (SSSR count). The Morgan fingerprint density at radius 1 is 1.47 bits per heavy atom. The molecule has 0 saturated heterocycles. The minimum Gasteiger partial charge on any atom is -0.354 e. The van der Waals surface area contributed by atoms with E-state index in [0.717, 1.165) is 31.1 Å². The third kappa shape index (κ3) is 3.68. The summed E-state index contributed by atoms with van der Waals surface area (Å²) in [6.45, 7) is 7.17. The fourth-order valence-electron chi connectivity index (χ4n) is 1.76. The van der Waals surface area contributed by atoms with Crippen LogP contribution in [0.25, 0.3) is 0 Å². The Labute approximate surface area is 107 Å². The number of hydrogen-bond donors (Lipinski definition) is 1. The molecule has 0 unspecified atom stereocenters. The zero-order chi connectivity index (χ0) is 12.1. The standard InChI is InChI=1S/C13H19N3S/c1-3-16-7-5-12(9-16)8-14-6-4-13-10-17-11(2)15-13/h5,7,9-10,14H,3-4,6,8H2,1-2H3. The predicted octanol–water partition coefficient (Wildman–Crippen LogP) is 2.61. The topological polar surface area (TPSA) is 29.9 Å². The number of hydrogen-bond acceptors (Lipinski definition) is 3. The second-order valence-corrected chi connectivity index (χ2v) is 5.20. The van der Waals surface area contributed by atoms with Gasteiger partial charge in [-0.2, -0.15) is 0 Å². The van der Waals surface area contributed by atoms with Crippen LogP contribution in [0, 0.1) is 6.92 Å². The maximum absolute atomic E-state index is 4.45. The maximum atomic E-state index is 4.45. The molecule has 2 aromatic rings. The van der Waals surface area contributed by atoms with E-state index >= 15 is 0 Å². The number of nitrogens with zero attached hydrogens (tertiary/aromatic N) is 2. The van der Waals surface area contributed by atoms with Crippen LogP contribution in [0.4, 0.5) is 0 Å². The van der Waals surface area contributed by atoms with Gasteiger partial charge >= 0.3 is 0 Å². The molecule has 0 aromatic carbocycles. The number of nitrogens with one attached hydrogen (secondary N) is 1. The van der Waals surface area contributed by atoms with E-state index in [1.54, 1.807) is 11.3 Å². The Balaban J connectivity index is 1.69. The van der Waals surface area contributed by atoms with Crippen LogP contribution < -0.4 is 5.32 Å². The van der Waals surface area contributed by atoms with Gasteiger partial charge in [0.05, 0.1) is 10.7 Å². The van der Waals surface area contributed by atoms with Gasteiger partial charge in [-0.3, -0.25) is 0 Å². The second kappa shape index (κ2) is 5.98. The average Bonchev–Trinajstić information content (AvgIpc) is 2.93. The van der Waals surface area contributed by atoms with Gasteiger partial charge in [0.15, 0.2) is 0 Å². The first-order valence-corrected chi connectivity index (χ1v) is 6.92. The van der Waals surface area contributed by atoms with Crippen LogP contribution in [0.15, 0.2) is 23.8 Å². The molecular formula is C13H19N3S. The molecular weight excluding hydrogens is 230 g/mol. The first kappa shape index (κ1) is 12.3. The van der Waals surface area contributed by atoms with Crippen LogP contribution >= 0.6 is 11.3 Å². The van der Waals surface area contributed by atoms with Crippen LogP contribution in [-0.2, 0) is 19.5 Å². The van der Waals surface area contributed by atoms with E-state index in [-0.39, 0.29) is 0 Å². The third-order valence-corrected chi connectivity index (χ3v) is 3.55. The number of aryl methyl sites for hydroxylation is 2. The first-order chi connectivity index (χ1) is 8.28. The Hall–Kier alpha value is -1.13. The highest BCUT2D eigenvalue weighted by Gasteiger charge is 1.99. The molecule has 4 heteroatoms. The van der Waals surface area contributed by atoms with Crippen molar-refractivity contribution in [2.24, 2.45) is 0 Å². The van der Waals surface area contributed by atoms with Gasteiger partial charge in [0, 0.05) is 43.8 Å². The van der Waals surface area contributed by atoms with E-state index in [2.05, 4.69) is 52.6 Å². The van der Waals surface area contributed by atoms with Crippen molar-refractivity contribution in [1.29, 1.82) is 0 Å². The predicted molar refractivity (Wildman–Crippen MR) is 72.4 cm³/mol. The molecule has 0 atom stereocenters. The quantitative estimate of drug-likeness (QED) is 0.798. The van der Waals surface area contributed by atoms with E-state index in [1.807, 2.05) is 0 Å². The van der Waals surface area contributed by atoms with Crippen molar-refractivity contribution >= 4 is 11.3 Å². The number of thiazole rings is 1. The lowest BCUT2D eigenvalue weighted by atomic mass is 10.3. The van der Waals surface area contributed by atoms with E-state index < -0.39 is 0 Å². The summed E-state index contributed by atoms with van der Waals surface area (Å²) in [7, 11) is 0. The molecule has 2 aromatic heterocycles. The van der Waals surface area contributed by atoms with Gasteiger partial charge < -0.3 is 9.88 Å². The largest absolute Gasteiger partial charge is 0.354 e. The molecule has 0 aliphatic carbocycles. The summed E-state index contributed by atoms with van der Waals surface area (Å²) in [4.78, 5) is 4.45. The third-order valence-electron chi connectivity index (χ3n) is 2.73. The molecule has 0 aliphatic rings. The molecule has 0 saturated carbocycles. The molecule has 92 valence electrons. The van der Waals surface area contributed by atoms with Gasteiger partial charge in [-0.15, -0.1) is 11.3 Å². The number of aromatic nitrogens is 2. The van der Waals surface area contributed by atoms with Gasteiger partial charge in [-0.25, -0.2) is 4.98 Å². The minimum absolute atomic E-state index is 0.941. The van der Waals surface area contributed by atoms with Crippen molar-refractivity contribution in [2.75, 3.05) is 6.54 Å². The fraction of sp³-hybridized carbons (Fsp3) is 0.462. The molecule has 1 N–H and O–H groups in total. The van der Waals surface area contributed by atoms with Crippen molar-refractivity contribution < 1.29 is 0 Å². The van der Waals surface area contributed by atoms with Gasteiger partial charge in [0.2, 0.25) is 0 Å². The van der Waals surface area contributed by atoms with Gasteiger partial charge in [-0.1, -0.05) is 0 Å². The van der Waals surface area contributed by atoms with E-state index in [9.17, 15) is 0 Å². The summed E-state index contributed by atoms with van der Waals surface area (Å²) in [5.41, 5.74) is 2.55. The molecule has 17 heavy (non-hydrogen) atoms. The summed E-state index contributed by atoms with van der Waals surface area (Å²) in [5, 5.41) is 6.74. The lowest BCUT2D eigenvalue weighted by Gasteiger charge is -2.01. The van der Waals surface area contributed by atoms with Crippen LogP contribution in [0.3, 0.4) is 0 Å². The Morgan fingerprint density at radius 2 is 2.35 bits per heavy atom. The monoisotopic (exact) mass is 249 g/mol. The molecule has 2 heterocycles. The normalized spacial score (nSPS) is 10.9. The van der Waals surface area contributed by atoms with Crippen molar-refractivity contribution in [2.45, 2.75) is 33.4 Å². The van der Waals surface area contributed by atoms with Crippen LogP contribution in [0.5, 0.6) is 0 Å². The van der Waals surface area contributed by atoms with Crippen LogP contribution in [0.2, 0.25) is 0 Å². The van der Waals surface area contributed by atoms with E-state index in [1.165, 1.54) is 11.3 Å². The average molecular weight is 249 g/mol. The van der Waals surface area contributed by atoms with Crippen LogP contribution in [0.1, 0.15) is 23.2 Å². The zero-order valence-electron chi connectivity index (χ0n) is 10.4. The summed E-state index contributed by atoms with van der Waals surface area (Å²) in [6, 6.07) is 2.17. The Kier molecular flexibility index (Phi) is 4.34. The highest BCUT2D eigenvalue weighted by atomic mass is 32.1. The summed E-state index contributed by atoms with van der Waals surface area (Å²) in [5.74, 6) is 0. The van der Waals surface area contributed by atoms with Crippen LogP contribution in [-0.4, -0.2) is 16.1 Å². The Morgan fingerprint density at radius 3 is 3.00 bits per heavy atom. The second-order valence-electron chi connectivity index (χ2n) is 4.13. The SMILES string of the molecule is CCn1ccc(CNCCc2csc(C)n2)c1. The van der Waals surface area contributed by atoms with Crippen molar-refractivity contribution in [1.82, 2.24) is 14.9 Å². The smallest absolute Gasteiger partial charge is 0.0897 e. The molecule has 0 fully saturated rings. The molecule has 3 nitrogen and oxygen atoms in total. The molecule has 0 amide bonds. The first-order valence-electron chi connectivity index (χ1n) is 6.04. The molecule has 0 radical (unpaired) electrons. The highest BCUT2D eigenvalue weighted by Crippen LogP contribution is 2.08. The van der Waals surface area contributed by atoms with Gasteiger partial charge in [-0.05, 0) is 25.5 Å². The summed E-state index contributed by atoms with van der Waals surface area (Å²) in [6.07, 6.45) is 5.33. The van der Waals surface area contributed by atoms with Crippen molar-refractivity contribution in [3.8, 4) is 0 Å². The Bertz CT molecular complexity index is 459. The molecule has 0 aliphatic heterocycles.